The first-order valence-corrected chi connectivity index (χ1v) is 13.0. The van der Waals surface area contributed by atoms with Gasteiger partial charge in [-0.2, -0.15) is 0 Å². The second-order valence-electron chi connectivity index (χ2n) is 5.71. The fourth-order valence-electron chi connectivity index (χ4n) is 2.62. The minimum Gasteiger partial charge on any atom is -0.388 e. The van der Waals surface area contributed by atoms with Crippen molar-refractivity contribution in [2.45, 2.75) is 30.0 Å². The van der Waals surface area contributed by atoms with E-state index in [-0.39, 0.29) is 12.2 Å². The van der Waals surface area contributed by atoms with Gasteiger partial charge in [0.1, 0.15) is 11.6 Å². The van der Waals surface area contributed by atoms with E-state index < -0.39 is 39.6 Å². The Kier molecular flexibility index (Phi) is 6.44. The van der Waals surface area contributed by atoms with Crippen molar-refractivity contribution in [1.29, 1.82) is 0 Å². The number of nitrogens with zero attached hydrogens (tertiary/aromatic N) is 4. The zero-order valence-electron chi connectivity index (χ0n) is 14.2. The number of nitrogens with two attached hydrogens (primary N) is 1. The van der Waals surface area contributed by atoms with Gasteiger partial charge in [0.05, 0.1) is 19.0 Å². The first-order valence-electron chi connectivity index (χ1n) is 7.61. The van der Waals surface area contributed by atoms with Crippen molar-refractivity contribution < 1.29 is 37.9 Å². The molecule has 2 aromatic rings. The number of ether oxygens (including phenoxy) is 1. The van der Waals surface area contributed by atoms with E-state index >= 15 is 0 Å². The normalized spacial score (nSPS) is 25.2. The molecule has 3 unspecified atom stereocenters. The van der Waals surface area contributed by atoms with Crippen molar-refractivity contribution >= 4 is 55.1 Å². The number of aromatic nitrogens is 4. The van der Waals surface area contributed by atoms with Gasteiger partial charge < -0.3 is 30.3 Å². The number of phosphoric ester groups is 1. The Bertz CT molecular complexity index is 970. The monoisotopic (exact) mass is 473 g/mol. The number of anilines is 1. The summed E-state index contributed by atoms with van der Waals surface area (Å²) in [6.07, 6.45) is 0.541. The molecule has 1 aliphatic rings. The highest BCUT2D eigenvalue weighted by molar-refractivity contribution is 8.08. The second kappa shape index (κ2) is 8.20. The number of imidazole rings is 1. The molecule has 1 saturated heterocycles. The lowest BCUT2D eigenvalue weighted by Gasteiger charge is -2.18. The van der Waals surface area contributed by atoms with Gasteiger partial charge in [-0.3, -0.25) is 9.09 Å². The summed E-state index contributed by atoms with van der Waals surface area (Å²) >= 11 is 5.41. The van der Waals surface area contributed by atoms with Gasteiger partial charge in [-0.15, -0.1) is 0 Å². The van der Waals surface area contributed by atoms with Crippen molar-refractivity contribution in [1.82, 2.24) is 19.5 Å². The van der Waals surface area contributed by atoms with Crippen LogP contribution in [0.1, 0.15) is 12.6 Å². The Morgan fingerprint density at radius 3 is 2.82 bits per heavy atom. The maximum atomic E-state index is 11.6. The highest BCUT2D eigenvalue weighted by Gasteiger charge is 2.39. The van der Waals surface area contributed by atoms with E-state index in [4.69, 9.17) is 20.3 Å². The summed E-state index contributed by atoms with van der Waals surface area (Å²) in [7, 11) is -4.80. The number of aliphatic hydroxyl groups is 1. The van der Waals surface area contributed by atoms with Crippen LogP contribution in [0.3, 0.4) is 0 Å². The molecular formula is C11H17N5O8P2S2. The van der Waals surface area contributed by atoms with Crippen molar-refractivity contribution in [2.24, 2.45) is 0 Å². The molecule has 2 aromatic heterocycles. The fraction of sp³-hybridized carbons (Fsp3) is 0.545. The summed E-state index contributed by atoms with van der Waals surface area (Å²) in [5, 5.41) is 10.8. The summed E-state index contributed by atoms with van der Waals surface area (Å²) in [5.74, 6) is 0.183. The topological polar surface area (TPSA) is 195 Å². The average Bonchev–Trinajstić information content (AvgIpc) is 3.14. The van der Waals surface area contributed by atoms with Gasteiger partial charge in [0, 0.05) is 6.42 Å². The van der Waals surface area contributed by atoms with Crippen molar-refractivity contribution in [3.05, 3.63) is 6.33 Å². The van der Waals surface area contributed by atoms with Crippen molar-refractivity contribution in [3.8, 4) is 0 Å². The van der Waals surface area contributed by atoms with E-state index in [2.05, 4.69) is 35.6 Å². The number of aliphatic hydroxyl groups excluding tert-OH is 1. The molecule has 0 spiro atoms. The molecule has 28 heavy (non-hydrogen) atoms. The fourth-order valence-corrected chi connectivity index (χ4v) is 5.36. The first kappa shape index (κ1) is 22.0. The third-order valence-corrected chi connectivity index (χ3v) is 6.98. The van der Waals surface area contributed by atoms with E-state index in [9.17, 15) is 14.6 Å². The summed E-state index contributed by atoms with van der Waals surface area (Å²) in [6, 6.07) is 0. The van der Waals surface area contributed by atoms with Crippen LogP contribution in [0.25, 0.3) is 11.2 Å². The van der Waals surface area contributed by atoms with Gasteiger partial charge in [-0.1, -0.05) is 11.8 Å². The lowest BCUT2D eigenvalue weighted by molar-refractivity contribution is -0.0480. The number of hydrogen-bond donors (Lipinski definition) is 5. The highest BCUT2D eigenvalue weighted by Crippen LogP contribution is 2.58. The molecule has 0 bridgehead atoms. The number of rotatable bonds is 7. The van der Waals surface area contributed by atoms with Gasteiger partial charge in [0.25, 0.3) is 0 Å². The van der Waals surface area contributed by atoms with Crippen LogP contribution in [-0.4, -0.2) is 64.4 Å². The summed E-state index contributed by atoms with van der Waals surface area (Å²) in [6.45, 7) is -4.85. The maximum absolute atomic E-state index is 11.6. The minimum absolute atomic E-state index is 0.0622. The standard InChI is InChI=1S/C11H17N5O8P2S2/c1-28-11-14-8(12)7-9(15-11)16(4-13-7)10-6(17)2-5(23-10)3-22-25(18,19)24-26(20,21)27/h4-6,10,17H,2-3H2,1H3,(H,18,19)(H2,12,14,15)(H2,20,21,27)/t5-,6?,10?/m0/s1. The van der Waals surface area contributed by atoms with Crippen LogP contribution in [0.2, 0.25) is 0 Å². The van der Waals surface area contributed by atoms with Gasteiger partial charge in [-0.05, 0) is 18.1 Å². The molecule has 0 aliphatic carbocycles. The molecule has 0 aromatic carbocycles. The molecule has 156 valence electrons. The molecule has 0 amide bonds. The molecule has 1 aliphatic heterocycles. The molecule has 0 radical (unpaired) electrons. The highest BCUT2D eigenvalue weighted by atomic mass is 32.5. The number of fused-ring (bicyclic) bond motifs is 1. The number of nitrogen functional groups attached to an aromatic ring is 1. The number of thioether (sulfide) groups is 1. The Labute approximate surface area is 167 Å². The molecule has 17 heteroatoms. The molecule has 13 nitrogen and oxygen atoms in total. The lowest BCUT2D eigenvalue weighted by atomic mass is 10.2. The lowest BCUT2D eigenvalue weighted by Crippen LogP contribution is -2.19. The Morgan fingerprint density at radius 2 is 2.18 bits per heavy atom. The average molecular weight is 473 g/mol. The summed E-state index contributed by atoms with van der Waals surface area (Å²) in [5.41, 5.74) is 6.58. The third-order valence-electron chi connectivity index (χ3n) is 3.68. The van der Waals surface area contributed by atoms with Gasteiger partial charge in [0.15, 0.2) is 22.8 Å². The quantitative estimate of drug-likeness (QED) is 0.207. The Morgan fingerprint density at radius 1 is 1.46 bits per heavy atom. The van der Waals surface area contributed by atoms with Crippen LogP contribution in [0.5, 0.6) is 0 Å². The minimum atomic E-state index is -4.80. The van der Waals surface area contributed by atoms with Crippen LogP contribution in [-0.2, 0) is 29.9 Å². The molecule has 3 heterocycles. The van der Waals surface area contributed by atoms with Crippen LogP contribution in [0, 0.1) is 0 Å². The van der Waals surface area contributed by atoms with E-state index in [0.717, 1.165) is 0 Å². The Balaban J connectivity index is 1.74. The molecular weight excluding hydrogens is 456 g/mol. The maximum Gasteiger partial charge on any atom is 0.479 e. The predicted molar refractivity (Wildman–Crippen MR) is 102 cm³/mol. The van der Waals surface area contributed by atoms with E-state index in [1.54, 1.807) is 6.26 Å². The Hall–Kier alpha value is -0.700. The van der Waals surface area contributed by atoms with Gasteiger partial charge in [0.2, 0.25) is 0 Å². The first-order chi connectivity index (χ1) is 13.0. The molecule has 6 N–H and O–H groups in total. The van der Waals surface area contributed by atoms with Crippen LogP contribution < -0.4 is 5.73 Å². The van der Waals surface area contributed by atoms with E-state index in [1.165, 1.54) is 22.7 Å². The molecule has 4 atom stereocenters. The molecule has 0 saturated carbocycles. The zero-order chi connectivity index (χ0) is 20.7. The number of hydrogen-bond acceptors (Lipinski definition) is 11. The SMILES string of the molecule is CSc1nc(N)c2ncn(C3O[C@H](COP(=O)(O)OP(O)(O)=S)CC3O)c2n1. The summed E-state index contributed by atoms with van der Waals surface area (Å²) in [4.78, 5) is 39.9. The van der Waals surface area contributed by atoms with Gasteiger partial charge >= 0.3 is 14.5 Å². The number of phosphoric acid groups is 1. The smallest absolute Gasteiger partial charge is 0.388 e. The van der Waals surface area contributed by atoms with Crippen molar-refractivity contribution in [3.63, 3.8) is 0 Å². The predicted octanol–water partition coefficient (Wildman–Crippen LogP) is 0.121. The van der Waals surface area contributed by atoms with Gasteiger partial charge in [-0.25, -0.2) is 23.8 Å². The third kappa shape index (κ3) is 5.07. The van der Waals surface area contributed by atoms with Crippen LogP contribution >= 0.6 is 26.3 Å². The van der Waals surface area contributed by atoms with Crippen LogP contribution in [0.4, 0.5) is 5.82 Å². The van der Waals surface area contributed by atoms with Crippen LogP contribution in [0.15, 0.2) is 11.5 Å². The molecule has 1 fully saturated rings. The van der Waals surface area contributed by atoms with E-state index in [1.807, 2.05) is 0 Å². The zero-order valence-corrected chi connectivity index (χ0v) is 17.6. The molecule has 3 rings (SSSR count). The second-order valence-corrected chi connectivity index (χ2v) is 10.7. The summed E-state index contributed by atoms with van der Waals surface area (Å²) < 4.78 is 27.5. The largest absolute Gasteiger partial charge is 0.479 e. The van der Waals surface area contributed by atoms with E-state index in [0.29, 0.717) is 16.3 Å². The van der Waals surface area contributed by atoms with Crippen molar-refractivity contribution in [2.75, 3.05) is 18.6 Å².